The molecule has 0 saturated carbocycles. The van der Waals surface area contributed by atoms with Crippen LogP contribution in [0, 0.1) is 6.92 Å². The zero-order chi connectivity index (χ0) is 21.1. The topological polar surface area (TPSA) is 97.4 Å². The molecular formula is C21H22N6O2S. The highest BCUT2D eigenvalue weighted by Gasteiger charge is 2.15. The van der Waals surface area contributed by atoms with Crippen LogP contribution in [0.1, 0.15) is 35.8 Å². The largest absolute Gasteiger partial charge is 0.338 e. The van der Waals surface area contributed by atoms with Crippen molar-refractivity contribution in [3.63, 3.8) is 0 Å². The van der Waals surface area contributed by atoms with Gasteiger partial charge in [0.1, 0.15) is 11.3 Å². The number of pyridine rings is 1. The zero-order valence-electron chi connectivity index (χ0n) is 16.9. The Kier molecular flexibility index (Phi) is 5.82. The van der Waals surface area contributed by atoms with Crippen molar-refractivity contribution in [2.75, 3.05) is 5.32 Å². The molecule has 0 saturated heterocycles. The van der Waals surface area contributed by atoms with Crippen LogP contribution in [0.25, 0.3) is 17.0 Å². The lowest BCUT2D eigenvalue weighted by atomic mass is 10.1. The maximum atomic E-state index is 12.8. The van der Waals surface area contributed by atoms with Crippen LogP contribution in [0.4, 0.5) is 5.69 Å². The second-order valence-corrected chi connectivity index (χ2v) is 8.52. The first-order chi connectivity index (χ1) is 14.5. The fraction of sp³-hybridized carbons (Fsp3) is 0.238. The molecule has 0 spiro atoms. The van der Waals surface area contributed by atoms with Crippen LogP contribution in [0.15, 0.2) is 53.3 Å². The molecule has 154 valence electrons. The Morgan fingerprint density at radius 1 is 1.27 bits per heavy atom. The number of imidazole rings is 1. The Morgan fingerprint density at radius 3 is 2.97 bits per heavy atom. The van der Waals surface area contributed by atoms with E-state index in [4.69, 9.17) is 4.52 Å². The second kappa shape index (κ2) is 8.68. The standard InChI is InChI=1S/C21H22N6O2S/c1-13(2)30-23-12-19-25-20(26-29-19)15-8-7-14(3)16(10-15)24-21(28)17-11-22-18-6-4-5-9-27(17)18/h4-11,13,23H,12H2,1-3H3,(H,24,28). The van der Waals surface area contributed by atoms with Crippen molar-refractivity contribution in [1.82, 2.24) is 24.2 Å². The molecule has 8 nitrogen and oxygen atoms in total. The molecule has 0 aliphatic carbocycles. The molecule has 0 aliphatic heterocycles. The van der Waals surface area contributed by atoms with Crippen LogP contribution in [0.5, 0.6) is 0 Å². The first-order valence-electron chi connectivity index (χ1n) is 9.57. The predicted molar refractivity (Wildman–Crippen MR) is 117 cm³/mol. The van der Waals surface area contributed by atoms with Gasteiger partial charge in [0.15, 0.2) is 0 Å². The number of benzene rings is 1. The number of anilines is 1. The molecule has 0 radical (unpaired) electrons. The monoisotopic (exact) mass is 422 g/mol. The third-order valence-corrected chi connectivity index (χ3v) is 5.19. The van der Waals surface area contributed by atoms with Gasteiger partial charge in [-0.05, 0) is 30.7 Å². The maximum absolute atomic E-state index is 12.8. The number of aromatic nitrogens is 4. The highest BCUT2D eigenvalue weighted by Crippen LogP contribution is 2.24. The Morgan fingerprint density at radius 2 is 2.13 bits per heavy atom. The van der Waals surface area contributed by atoms with Crippen molar-refractivity contribution in [2.45, 2.75) is 32.6 Å². The summed E-state index contributed by atoms with van der Waals surface area (Å²) in [4.78, 5) is 21.5. The Balaban J connectivity index is 1.52. The van der Waals surface area contributed by atoms with Gasteiger partial charge < -0.3 is 9.84 Å². The summed E-state index contributed by atoms with van der Waals surface area (Å²) in [5, 5.41) is 7.49. The van der Waals surface area contributed by atoms with Gasteiger partial charge in [0, 0.05) is 22.7 Å². The SMILES string of the molecule is Cc1ccc(-c2noc(CNSC(C)C)n2)cc1NC(=O)c1cnc2ccccn12. The number of amides is 1. The van der Waals surface area contributed by atoms with Gasteiger partial charge in [-0.15, -0.1) is 0 Å². The number of carbonyl (C=O) groups excluding carboxylic acids is 1. The van der Waals surface area contributed by atoms with Gasteiger partial charge in [0.2, 0.25) is 11.7 Å². The number of hydrogen-bond donors (Lipinski definition) is 2. The van der Waals surface area contributed by atoms with Gasteiger partial charge >= 0.3 is 0 Å². The van der Waals surface area contributed by atoms with E-state index in [1.165, 1.54) is 0 Å². The van der Waals surface area contributed by atoms with Crippen molar-refractivity contribution in [2.24, 2.45) is 0 Å². The average Bonchev–Trinajstić information content (AvgIpc) is 3.36. The van der Waals surface area contributed by atoms with E-state index in [2.05, 4.69) is 39.0 Å². The normalized spacial score (nSPS) is 11.3. The lowest BCUT2D eigenvalue weighted by Crippen LogP contribution is -2.15. The second-order valence-electron chi connectivity index (χ2n) is 7.06. The van der Waals surface area contributed by atoms with Crippen LogP contribution in [0.3, 0.4) is 0 Å². The van der Waals surface area contributed by atoms with Gasteiger partial charge in [-0.1, -0.05) is 49.2 Å². The Bertz CT molecular complexity index is 1180. The first kappa shape index (κ1) is 20.1. The van der Waals surface area contributed by atoms with Gasteiger partial charge in [-0.3, -0.25) is 13.9 Å². The molecule has 0 unspecified atom stereocenters. The molecule has 1 aromatic carbocycles. The number of fused-ring (bicyclic) bond motifs is 1. The molecule has 0 aliphatic rings. The highest BCUT2D eigenvalue weighted by molar-refractivity contribution is 7.97. The number of nitrogens with one attached hydrogen (secondary N) is 2. The van der Waals surface area contributed by atoms with E-state index >= 15 is 0 Å². The minimum absolute atomic E-state index is 0.238. The third kappa shape index (κ3) is 4.37. The first-order valence-corrected chi connectivity index (χ1v) is 10.4. The minimum atomic E-state index is -0.238. The predicted octanol–water partition coefficient (Wildman–Crippen LogP) is 4.09. The van der Waals surface area contributed by atoms with Gasteiger partial charge in [-0.25, -0.2) is 4.98 Å². The molecule has 4 rings (SSSR count). The van der Waals surface area contributed by atoms with Crippen LogP contribution in [0.2, 0.25) is 0 Å². The van der Waals surface area contributed by atoms with Crippen LogP contribution in [-0.4, -0.2) is 30.7 Å². The van der Waals surface area contributed by atoms with E-state index in [1.807, 2.05) is 49.5 Å². The van der Waals surface area contributed by atoms with Crippen molar-refractivity contribution in [1.29, 1.82) is 0 Å². The molecule has 0 fully saturated rings. The van der Waals surface area contributed by atoms with E-state index in [0.29, 0.717) is 34.9 Å². The van der Waals surface area contributed by atoms with Gasteiger partial charge in [0.25, 0.3) is 5.91 Å². The smallest absolute Gasteiger partial charge is 0.274 e. The fourth-order valence-electron chi connectivity index (χ4n) is 2.90. The number of hydrogen-bond acceptors (Lipinski definition) is 7. The lowest BCUT2D eigenvalue weighted by Gasteiger charge is -2.09. The summed E-state index contributed by atoms with van der Waals surface area (Å²) in [7, 11) is 0. The van der Waals surface area contributed by atoms with Crippen LogP contribution in [-0.2, 0) is 6.54 Å². The summed E-state index contributed by atoms with van der Waals surface area (Å²) in [6.07, 6.45) is 3.38. The average molecular weight is 423 g/mol. The molecule has 2 N–H and O–H groups in total. The molecule has 30 heavy (non-hydrogen) atoms. The molecule has 0 atom stereocenters. The summed E-state index contributed by atoms with van der Waals surface area (Å²) in [6, 6.07) is 11.3. The van der Waals surface area contributed by atoms with Crippen LogP contribution < -0.4 is 10.0 Å². The van der Waals surface area contributed by atoms with Crippen molar-refractivity contribution in [3.05, 3.63) is 65.9 Å². The summed E-state index contributed by atoms with van der Waals surface area (Å²) in [5.41, 5.74) is 3.56. The van der Waals surface area contributed by atoms with Crippen molar-refractivity contribution in [3.8, 4) is 11.4 Å². The number of rotatable bonds is 7. The lowest BCUT2D eigenvalue weighted by molar-refractivity contribution is 0.102. The summed E-state index contributed by atoms with van der Waals surface area (Å²) >= 11 is 1.61. The number of nitrogens with zero attached hydrogens (tertiary/aromatic N) is 4. The van der Waals surface area contributed by atoms with Crippen molar-refractivity contribution >= 4 is 29.2 Å². The Hall–Kier alpha value is -3.17. The van der Waals surface area contributed by atoms with Crippen LogP contribution >= 0.6 is 11.9 Å². The Labute approximate surface area is 178 Å². The van der Waals surface area contributed by atoms with E-state index in [-0.39, 0.29) is 5.91 Å². The molecule has 3 heterocycles. The molecule has 1 amide bonds. The fourth-order valence-corrected chi connectivity index (χ4v) is 3.44. The summed E-state index contributed by atoms with van der Waals surface area (Å²) < 4.78 is 10.3. The minimum Gasteiger partial charge on any atom is -0.338 e. The zero-order valence-corrected chi connectivity index (χ0v) is 17.7. The van der Waals surface area contributed by atoms with E-state index in [9.17, 15) is 4.79 Å². The molecule has 0 bridgehead atoms. The molecule has 9 heteroatoms. The number of aryl methyl sites for hydroxylation is 1. The molecular weight excluding hydrogens is 400 g/mol. The summed E-state index contributed by atoms with van der Waals surface area (Å²) in [6.45, 7) is 6.62. The van der Waals surface area contributed by atoms with E-state index in [0.717, 1.165) is 16.8 Å². The quantitative estimate of drug-likeness (QED) is 0.433. The maximum Gasteiger partial charge on any atom is 0.274 e. The van der Waals surface area contributed by atoms with Gasteiger partial charge in [-0.2, -0.15) is 4.98 Å². The molecule has 4 aromatic rings. The van der Waals surface area contributed by atoms with E-state index in [1.54, 1.807) is 22.5 Å². The third-order valence-electron chi connectivity index (χ3n) is 4.40. The molecule has 3 aromatic heterocycles. The van der Waals surface area contributed by atoms with E-state index < -0.39 is 0 Å². The summed E-state index contributed by atoms with van der Waals surface area (Å²) in [5.74, 6) is 0.749. The highest BCUT2D eigenvalue weighted by atomic mass is 32.2. The van der Waals surface area contributed by atoms with Gasteiger partial charge in [0.05, 0.1) is 12.7 Å². The van der Waals surface area contributed by atoms with Crippen molar-refractivity contribution < 1.29 is 9.32 Å². The number of carbonyl (C=O) groups is 1.